The Morgan fingerprint density at radius 1 is 1.14 bits per heavy atom. The number of carbonyl (C=O) groups excluding carboxylic acids is 2. The molecule has 0 spiro atoms. The van der Waals surface area contributed by atoms with Crippen molar-refractivity contribution in [3.8, 4) is 0 Å². The topological polar surface area (TPSA) is 129 Å². The van der Waals surface area contributed by atoms with Crippen LogP contribution in [0.1, 0.15) is 5.56 Å². The van der Waals surface area contributed by atoms with Crippen molar-refractivity contribution in [3.05, 3.63) is 48.2 Å². The Labute approximate surface area is 167 Å². The van der Waals surface area contributed by atoms with Gasteiger partial charge in [0.2, 0.25) is 11.8 Å². The van der Waals surface area contributed by atoms with E-state index in [0.29, 0.717) is 38.5 Å². The van der Waals surface area contributed by atoms with Crippen LogP contribution in [0.2, 0.25) is 0 Å². The molecule has 0 radical (unpaired) electrons. The number of hydrogen-bond donors (Lipinski definition) is 3. The molecule has 1 aliphatic heterocycles. The van der Waals surface area contributed by atoms with E-state index in [2.05, 4.69) is 10.3 Å². The molecular formula is C20H23N5O4. The molecule has 2 heterocycles. The van der Waals surface area contributed by atoms with Crippen molar-refractivity contribution in [3.63, 3.8) is 0 Å². The second-order valence-corrected chi connectivity index (χ2v) is 6.80. The van der Waals surface area contributed by atoms with E-state index in [1.54, 1.807) is 16.0 Å². The van der Waals surface area contributed by atoms with E-state index in [0.717, 1.165) is 16.3 Å². The number of nitrogens with two attached hydrogens (primary N) is 1. The van der Waals surface area contributed by atoms with Crippen LogP contribution in [0.25, 0.3) is 10.8 Å². The summed E-state index contributed by atoms with van der Waals surface area (Å²) in [5.41, 5.74) is 6.76. The van der Waals surface area contributed by atoms with Gasteiger partial charge < -0.3 is 21.1 Å². The van der Waals surface area contributed by atoms with Crippen molar-refractivity contribution in [2.45, 2.75) is 6.54 Å². The minimum atomic E-state index is -0.883. The minimum Gasteiger partial charge on any atom is -0.480 e. The summed E-state index contributed by atoms with van der Waals surface area (Å²) in [6, 6.07) is 7.55. The van der Waals surface area contributed by atoms with Crippen LogP contribution < -0.4 is 11.1 Å². The maximum atomic E-state index is 12.2. The highest BCUT2D eigenvalue weighted by Crippen LogP contribution is 2.20. The number of nitrogen functional groups attached to an aromatic ring is 1. The molecule has 29 heavy (non-hydrogen) atoms. The predicted molar refractivity (Wildman–Crippen MR) is 108 cm³/mol. The lowest BCUT2D eigenvalue weighted by molar-refractivity contribution is -0.139. The zero-order chi connectivity index (χ0) is 20.8. The van der Waals surface area contributed by atoms with Crippen LogP contribution in [0.5, 0.6) is 0 Å². The number of carboxylic acid groups (broad SMARTS) is 1. The lowest BCUT2D eigenvalue weighted by Crippen LogP contribution is -2.49. The molecule has 9 nitrogen and oxygen atoms in total. The van der Waals surface area contributed by atoms with Gasteiger partial charge in [-0.05, 0) is 23.1 Å². The number of anilines is 1. The van der Waals surface area contributed by atoms with Crippen molar-refractivity contribution in [1.82, 2.24) is 20.1 Å². The van der Waals surface area contributed by atoms with Gasteiger partial charge in [-0.25, -0.2) is 4.98 Å². The Hall–Kier alpha value is -3.46. The molecule has 1 fully saturated rings. The van der Waals surface area contributed by atoms with Crippen LogP contribution in [0.3, 0.4) is 0 Å². The largest absolute Gasteiger partial charge is 0.480 e. The lowest BCUT2D eigenvalue weighted by atomic mass is 10.1. The summed E-state index contributed by atoms with van der Waals surface area (Å²) >= 11 is 0. The summed E-state index contributed by atoms with van der Waals surface area (Å²) < 4.78 is 0. The molecule has 1 aromatic carbocycles. The number of piperazine rings is 1. The van der Waals surface area contributed by atoms with Crippen molar-refractivity contribution in [2.24, 2.45) is 0 Å². The third-order valence-corrected chi connectivity index (χ3v) is 4.75. The molecule has 1 saturated heterocycles. The first kappa shape index (κ1) is 20.3. The highest BCUT2D eigenvalue weighted by Gasteiger charge is 2.20. The van der Waals surface area contributed by atoms with Crippen molar-refractivity contribution in [1.29, 1.82) is 0 Å². The standard InChI is InChI=1S/C20H23N5O4/c21-20-16-11-14(1-2-15(16)5-6-22-20)12-23-17(26)3-4-18(27)25-9-7-24(8-10-25)13-19(28)29/h1-6,11H,7-10,12-13H2,(H2,21,22)(H,23,26)(H,28,29). The second-order valence-electron chi connectivity index (χ2n) is 6.80. The van der Waals surface area contributed by atoms with E-state index >= 15 is 0 Å². The summed E-state index contributed by atoms with van der Waals surface area (Å²) in [4.78, 5) is 42.4. The first-order valence-electron chi connectivity index (χ1n) is 9.24. The maximum Gasteiger partial charge on any atom is 0.317 e. The molecule has 0 atom stereocenters. The van der Waals surface area contributed by atoms with Gasteiger partial charge in [0.25, 0.3) is 0 Å². The van der Waals surface area contributed by atoms with Gasteiger partial charge in [0.05, 0.1) is 6.54 Å². The first-order chi connectivity index (χ1) is 13.9. The molecule has 3 rings (SSSR count). The van der Waals surface area contributed by atoms with E-state index < -0.39 is 5.97 Å². The number of hydrogen-bond acceptors (Lipinski definition) is 6. The Bertz CT molecular complexity index is 951. The zero-order valence-electron chi connectivity index (χ0n) is 15.9. The highest BCUT2D eigenvalue weighted by atomic mass is 16.4. The average molecular weight is 397 g/mol. The first-order valence-corrected chi connectivity index (χ1v) is 9.24. The van der Waals surface area contributed by atoms with Gasteiger partial charge in [-0.15, -0.1) is 0 Å². The van der Waals surface area contributed by atoms with Crippen LogP contribution >= 0.6 is 0 Å². The van der Waals surface area contributed by atoms with E-state index in [1.165, 1.54) is 12.2 Å². The minimum absolute atomic E-state index is 0.0310. The third-order valence-electron chi connectivity index (χ3n) is 4.75. The molecule has 4 N–H and O–H groups in total. The molecule has 2 aromatic rings. The highest BCUT2D eigenvalue weighted by molar-refractivity contribution is 5.97. The molecular weight excluding hydrogens is 374 g/mol. The normalized spacial score (nSPS) is 15.0. The smallest absolute Gasteiger partial charge is 0.317 e. The fourth-order valence-corrected chi connectivity index (χ4v) is 3.17. The number of benzene rings is 1. The molecule has 0 aliphatic carbocycles. The molecule has 0 saturated carbocycles. The van der Waals surface area contributed by atoms with E-state index in [-0.39, 0.29) is 18.4 Å². The van der Waals surface area contributed by atoms with Crippen LogP contribution in [0.4, 0.5) is 5.82 Å². The predicted octanol–water partition coefficient (Wildman–Crippen LogP) is 0.218. The molecule has 152 valence electrons. The number of nitrogens with one attached hydrogen (secondary N) is 1. The van der Waals surface area contributed by atoms with Gasteiger partial charge in [0.1, 0.15) is 5.82 Å². The van der Waals surface area contributed by atoms with E-state index in [4.69, 9.17) is 10.8 Å². The molecule has 0 bridgehead atoms. The number of carbonyl (C=O) groups is 3. The number of aliphatic carboxylic acids is 1. The van der Waals surface area contributed by atoms with Crippen molar-refractivity contribution in [2.75, 3.05) is 38.5 Å². The second kappa shape index (κ2) is 9.16. The summed E-state index contributed by atoms with van der Waals surface area (Å²) in [5, 5.41) is 13.3. The fraction of sp³-hybridized carbons (Fsp3) is 0.300. The van der Waals surface area contributed by atoms with E-state index in [9.17, 15) is 14.4 Å². The van der Waals surface area contributed by atoms with Gasteiger partial charge >= 0.3 is 5.97 Å². The van der Waals surface area contributed by atoms with Gasteiger partial charge in [0.15, 0.2) is 0 Å². The van der Waals surface area contributed by atoms with Crippen LogP contribution in [0, 0.1) is 0 Å². The zero-order valence-corrected chi connectivity index (χ0v) is 15.9. The van der Waals surface area contributed by atoms with Crippen molar-refractivity contribution >= 4 is 34.4 Å². The number of pyridine rings is 1. The van der Waals surface area contributed by atoms with Crippen LogP contribution in [0.15, 0.2) is 42.6 Å². The lowest BCUT2D eigenvalue weighted by Gasteiger charge is -2.33. The van der Waals surface area contributed by atoms with Gasteiger partial charge in [0, 0.05) is 56.5 Å². The number of amides is 2. The summed E-state index contributed by atoms with van der Waals surface area (Å²) in [6.45, 7) is 2.14. The van der Waals surface area contributed by atoms with Gasteiger partial charge in [-0.1, -0.05) is 12.1 Å². The van der Waals surface area contributed by atoms with Gasteiger partial charge in [-0.3, -0.25) is 19.3 Å². The molecule has 9 heteroatoms. The van der Waals surface area contributed by atoms with Crippen LogP contribution in [-0.2, 0) is 20.9 Å². The summed E-state index contributed by atoms with van der Waals surface area (Å²) in [5.74, 6) is -1.09. The monoisotopic (exact) mass is 397 g/mol. The van der Waals surface area contributed by atoms with E-state index in [1.807, 2.05) is 24.3 Å². The Morgan fingerprint density at radius 2 is 1.90 bits per heavy atom. The summed E-state index contributed by atoms with van der Waals surface area (Å²) in [6.07, 6.45) is 4.10. The fourth-order valence-electron chi connectivity index (χ4n) is 3.17. The Balaban J connectivity index is 1.48. The quantitative estimate of drug-likeness (QED) is 0.595. The Morgan fingerprint density at radius 3 is 2.62 bits per heavy atom. The third kappa shape index (κ3) is 5.52. The maximum absolute atomic E-state index is 12.2. The Kier molecular flexibility index (Phi) is 6.40. The SMILES string of the molecule is Nc1nccc2ccc(CNC(=O)C=CC(=O)N3CCN(CC(=O)O)CC3)cc12. The molecule has 2 amide bonds. The summed E-state index contributed by atoms with van der Waals surface area (Å²) in [7, 11) is 0. The number of aromatic nitrogens is 1. The van der Waals surface area contributed by atoms with Crippen molar-refractivity contribution < 1.29 is 19.5 Å². The number of rotatable bonds is 6. The molecule has 1 aromatic heterocycles. The number of fused-ring (bicyclic) bond motifs is 1. The van der Waals surface area contributed by atoms with Gasteiger partial charge in [-0.2, -0.15) is 0 Å². The number of carboxylic acids is 1. The molecule has 0 unspecified atom stereocenters. The molecule has 1 aliphatic rings. The number of nitrogens with zero attached hydrogens (tertiary/aromatic N) is 3. The van der Waals surface area contributed by atoms with Crippen LogP contribution in [-0.4, -0.2) is 70.4 Å². The average Bonchev–Trinajstić information content (AvgIpc) is 2.71.